The van der Waals surface area contributed by atoms with Crippen molar-refractivity contribution in [1.29, 1.82) is 0 Å². The summed E-state index contributed by atoms with van der Waals surface area (Å²) in [6, 6.07) is 16.6. The van der Waals surface area contributed by atoms with Gasteiger partial charge in [-0.15, -0.1) is 0 Å². The third kappa shape index (κ3) is 5.65. The fraction of sp³-hybridized carbons (Fsp3) is 0.500. The highest BCUT2D eigenvalue weighted by molar-refractivity contribution is 5.77. The Morgan fingerprint density at radius 1 is 1.16 bits per heavy atom. The minimum Gasteiger partial charge on any atom is -0.497 e. The van der Waals surface area contributed by atoms with Gasteiger partial charge in [0.1, 0.15) is 17.2 Å². The van der Waals surface area contributed by atoms with E-state index in [4.69, 9.17) is 14.5 Å². The molecule has 0 spiro atoms. The van der Waals surface area contributed by atoms with Crippen molar-refractivity contribution in [1.82, 2.24) is 14.9 Å². The van der Waals surface area contributed by atoms with Crippen LogP contribution in [0.4, 0.5) is 0 Å². The zero-order valence-electron chi connectivity index (χ0n) is 23.2. The lowest BCUT2D eigenvalue weighted by atomic mass is 9.60. The molecule has 1 saturated carbocycles. The molecular formula is C32H41N3O3. The summed E-state index contributed by atoms with van der Waals surface area (Å²) >= 11 is 0. The van der Waals surface area contributed by atoms with E-state index in [1.165, 1.54) is 17.6 Å². The number of benzene rings is 2. The van der Waals surface area contributed by atoms with Gasteiger partial charge in [-0.05, 0) is 68.5 Å². The number of hydrogen-bond donors (Lipinski definition) is 1. The number of rotatable bonds is 11. The molecule has 2 aromatic carbocycles. The van der Waals surface area contributed by atoms with Gasteiger partial charge < -0.3 is 19.4 Å². The lowest BCUT2D eigenvalue weighted by molar-refractivity contribution is -0.176. The van der Waals surface area contributed by atoms with Crippen molar-refractivity contribution in [2.45, 2.75) is 58.0 Å². The molecule has 1 N–H and O–H groups in total. The van der Waals surface area contributed by atoms with Crippen LogP contribution in [0, 0.1) is 17.8 Å². The lowest BCUT2D eigenvalue weighted by Gasteiger charge is -2.50. The number of carbonyl (C=O) groups is 1. The van der Waals surface area contributed by atoms with Gasteiger partial charge in [0, 0.05) is 31.4 Å². The zero-order valence-corrected chi connectivity index (χ0v) is 23.2. The average molecular weight is 516 g/mol. The Morgan fingerprint density at radius 3 is 2.68 bits per heavy atom. The molecular weight excluding hydrogens is 474 g/mol. The summed E-state index contributed by atoms with van der Waals surface area (Å²) < 4.78 is 11.7. The highest BCUT2D eigenvalue weighted by atomic mass is 16.6. The van der Waals surface area contributed by atoms with E-state index in [9.17, 15) is 4.79 Å². The number of fused-ring (bicyclic) bond motifs is 3. The van der Waals surface area contributed by atoms with E-state index in [1.54, 1.807) is 7.11 Å². The van der Waals surface area contributed by atoms with Crippen LogP contribution in [0.15, 0.2) is 54.6 Å². The molecule has 6 rings (SSSR count). The fourth-order valence-corrected chi connectivity index (χ4v) is 6.20. The smallest absolute Gasteiger partial charge is 0.308 e. The number of H-pyrrole nitrogens is 1. The van der Waals surface area contributed by atoms with Crippen molar-refractivity contribution in [2.24, 2.45) is 17.8 Å². The number of methoxy groups -OCH3 is 1. The molecule has 6 nitrogen and oxygen atoms in total. The molecule has 2 bridgehead atoms. The van der Waals surface area contributed by atoms with Crippen molar-refractivity contribution in [2.75, 3.05) is 27.2 Å². The molecule has 6 heteroatoms. The number of aromatic nitrogens is 2. The second-order valence-electron chi connectivity index (χ2n) is 11.4. The Bertz CT molecular complexity index is 1280. The molecule has 3 aliphatic rings. The average Bonchev–Trinajstić information content (AvgIpc) is 3.34. The summed E-state index contributed by atoms with van der Waals surface area (Å²) in [6.45, 7) is 5.74. The van der Waals surface area contributed by atoms with Gasteiger partial charge in [-0.3, -0.25) is 4.79 Å². The Hall–Kier alpha value is -3.12. The molecule has 0 amide bonds. The molecule has 3 unspecified atom stereocenters. The van der Waals surface area contributed by atoms with E-state index in [0.29, 0.717) is 5.92 Å². The molecule has 202 valence electrons. The topological polar surface area (TPSA) is 67.5 Å². The third-order valence-corrected chi connectivity index (χ3v) is 8.40. The number of carbonyl (C=O) groups excluding carboxylic acids is 1. The summed E-state index contributed by atoms with van der Waals surface area (Å²) in [4.78, 5) is 23.4. The molecule has 3 aromatic rings. The van der Waals surface area contributed by atoms with Crippen LogP contribution in [0.1, 0.15) is 57.3 Å². The maximum absolute atomic E-state index is 12.9. The minimum absolute atomic E-state index is 0.0728. The molecule has 0 radical (unpaired) electrons. The quantitative estimate of drug-likeness (QED) is 0.305. The molecule has 3 atom stereocenters. The third-order valence-electron chi connectivity index (χ3n) is 8.40. The van der Waals surface area contributed by atoms with Crippen LogP contribution in [0.2, 0.25) is 0 Å². The van der Waals surface area contributed by atoms with Gasteiger partial charge in [0.2, 0.25) is 0 Å². The predicted molar refractivity (Wildman–Crippen MR) is 152 cm³/mol. The summed E-state index contributed by atoms with van der Waals surface area (Å²) in [7, 11) is 3.85. The van der Waals surface area contributed by atoms with Crippen molar-refractivity contribution < 1.29 is 14.3 Å². The maximum Gasteiger partial charge on any atom is 0.308 e. The molecule has 0 aliphatic heterocycles. The Kier molecular flexibility index (Phi) is 7.89. The Morgan fingerprint density at radius 2 is 1.97 bits per heavy atom. The van der Waals surface area contributed by atoms with Crippen LogP contribution in [-0.2, 0) is 16.0 Å². The lowest BCUT2D eigenvalue weighted by Crippen LogP contribution is -2.51. The Balaban J connectivity index is 1.22. The largest absolute Gasteiger partial charge is 0.497 e. The first kappa shape index (κ1) is 26.5. The standard InChI is InChI=1S/C32H41N3O3/c1-22(2)31(36)38-32(21-24-12-13-25(32)19-27(24)23-9-6-5-7-10-23)16-18-35(3)17-8-11-30-33-28-15-14-26(37-4)20-29(28)34-30/h5-7,9-10,14-15,19-20,22,24-25H,8,11-13,16-18,21H2,1-4H3,(H,33,34). The first-order chi connectivity index (χ1) is 18.4. The van der Waals surface area contributed by atoms with Gasteiger partial charge >= 0.3 is 5.97 Å². The predicted octanol–water partition coefficient (Wildman–Crippen LogP) is 6.28. The van der Waals surface area contributed by atoms with E-state index in [1.807, 2.05) is 32.0 Å². The first-order valence-corrected chi connectivity index (χ1v) is 14.1. The van der Waals surface area contributed by atoms with Crippen LogP contribution in [0.5, 0.6) is 5.75 Å². The van der Waals surface area contributed by atoms with Crippen LogP contribution in [0.3, 0.4) is 0 Å². The molecule has 1 heterocycles. The number of nitrogens with one attached hydrogen (secondary N) is 1. The van der Waals surface area contributed by atoms with Crippen molar-refractivity contribution >= 4 is 22.6 Å². The van der Waals surface area contributed by atoms with E-state index >= 15 is 0 Å². The normalized spacial score (nSPS) is 22.7. The van der Waals surface area contributed by atoms with Crippen molar-refractivity contribution in [3.8, 4) is 5.75 Å². The van der Waals surface area contributed by atoms with Crippen molar-refractivity contribution in [3.05, 3.63) is 66.0 Å². The monoisotopic (exact) mass is 515 g/mol. The number of aromatic amines is 1. The first-order valence-electron chi connectivity index (χ1n) is 14.1. The van der Waals surface area contributed by atoms with Crippen LogP contribution >= 0.6 is 0 Å². The van der Waals surface area contributed by atoms with Crippen LogP contribution < -0.4 is 4.74 Å². The Labute approximate surface area is 226 Å². The van der Waals surface area contributed by atoms with Gasteiger partial charge in [-0.2, -0.15) is 0 Å². The minimum atomic E-state index is -0.408. The van der Waals surface area contributed by atoms with Crippen LogP contribution in [0.25, 0.3) is 16.6 Å². The van der Waals surface area contributed by atoms with Gasteiger partial charge in [0.15, 0.2) is 0 Å². The van der Waals surface area contributed by atoms with Crippen molar-refractivity contribution in [3.63, 3.8) is 0 Å². The maximum atomic E-state index is 12.9. The van der Waals surface area contributed by atoms with Crippen LogP contribution in [-0.4, -0.2) is 53.7 Å². The second-order valence-corrected chi connectivity index (χ2v) is 11.4. The number of ether oxygens (including phenoxy) is 2. The summed E-state index contributed by atoms with van der Waals surface area (Å²) in [5.74, 6) is 2.36. The van der Waals surface area contributed by atoms with E-state index < -0.39 is 5.60 Å². The van der Waals surface area contributed by atoms with Gasteiger partial charge in [0.05, 0.1) is 24.1 Å². The number of nitrogens with zero attached hydrogens (tertiary/aromatic N) is 2. The summed E-state index contributed by atoms with van der Waals surface area (Å²) in [5, 5.41) is 0. The number of esters is 1. The summed E-state index contributed by atoms with van der Waals surface area (Å²) in [6.07, 6.45) is 8.38. The molecule has 38 heavy (non-hydrogen) atoms. The fourth-order valence-electron chi connectivity index (χ4n) is 6.20. The SMILES string of the molecule is COc1ccc2nc(CCCN(C)CCC3(OC(=O)C(C)C)CC4CCC3C=C4c3ccccc3)[nH]c2c1. The van der Waals surface area contributed by atoms with Gasteiger partial charge in [-0.1, -0.05) is 50.3 Å². The number of hydrogen-bond acceptors (Lipinski definition) is 5. The zero-order chi connectivity index (χ0) is 26.7. The second kappa shape index (κ2) is 11.3. The number of allylic oxidation sites excluding steroid dienone is 1. The van der Waals surface area contributed by atoms with E-state index in [-0.39, 0.29) is 17.8 Å². The molecule has 1 aromatic heterocycles. The molecule has 1 fully saturated rings. The highest BCUT2D eigenvalue weighted by Crippen LogP contribution is 2.53. The molecule has 3 aliphatic carbocycles. The van der Waals surface area contributed by atoms with Gasteiger partial charge in [0.25, 0.3) is 0 Å². The summed E-state index contributed by atoms with van der Waals surface area (Å²) in [5.41, 5.74) is 4.33. The number of aryl methyl sites for hydroxylation is 1. The number of imidazole rings is 1. The molecule has 0 saturated heterocycles. The van der Waals surface area contributed by atoms with E-state index in [0.717, 1.165) is 67.8 Å². The van der Waals surface area contributed by atoms with Gasteiger partial charge in [-0.25, -0.2) is 4.98 Å². The van der Waals surface area contributed by atoms with E-state index in [2.05, 4.69) is 53.3 Å². The highest BCUT2D eigenvalue weighted by Gasteiger charge is 2.50.